The quantitative estimate of drug-likeness (QED) is 0.395. The number of likely N-dealkylation sites (tertiary alicyclic amines) is 1. The van der Waals surface area contributed by atoms with E-state index >= 15 is 0 Å². The number of rotatable bonds is 9. The summed E-state index contributed by atoms with van der Waals surface area (Å²) < 4.78 is 9.90. The van der Waals surface area contributed by atoms with Crippen LogP contribution < -0.4 is 5.32 Å². The largest absolute Gasteiger partial charge is 0.452 e. The molecule has 0 radical (unpaired) electrons. The number of nitrogens with one attached hydrogen (secondary N) is 1. The van der Waals surface area contributed by atoms with Crippen LogP contribution >= 0.6 is 11.8 Å². The van der Waals surface area contributed by atoms with Crippen molar-refractivity contribution in [2.45, 2.75) is 17.7 Å². The van der Waals surface area contributed by atoms with E-state index in [4.69, 9.17) is 9.47 Å². The first kappa shape index (κ1) is 20.3. The van der Waals surface area contributed by atoms with Crippen LogP contribution in [0.2, 0.25) is 0 Å². The Kier molecular flexibility index (Phi) is 8.43. The molecule has 142 valence electrons. The predicted octanol–water partition coefficient (Wildman–Crippen LogP) is 1.32. The maximum atomic E-state index is 12.3. The highest BCUT2D eigenvalue weighted by molar-refractivity contribution is 8.00. The molecule has 1 saturated heterocycles. The molecule has 0 aliphatic carbocycles. The van der Waals surface area contributed by atoms with Gasteiger partial charge < -0.3 is 19.7 Å². The van der Waals surface area contributed by atoms with Gasteiger partial charge in [0.05, 0.1) is 17.9 Å². The van der Waals surface area contributed by atoms with Crippen molar-refractivity contribution in [1.29, 1.82) is 0 Å². The summed E-state index contributed by atoms with van der Waals surface area (Å²) in [5.74, 6) is -0.608. The van der Waals surface area contributed by atoms with Gasteiger partial charge in [0, 0.05) is 31.6 Å². The first-order valence-corrected chi connectivity index (χ1v) is 9.52. The number of esters is 1. The van der Waals surface area contributed by atoms with Gasteiger partial charge in [0.2, 0.25) is 5.91 Å². The summed E-state index contributed by atoms with van der Waals surface area (Å²) in [5, 5.41) is 2.58. The van der Waals surface area contributed by atoms with Crippen molar-refractivity contribution >= 4 is 29.5 Å². The lowest BCUT2D eigenvalue weighted by molar-refractivity contribution is -0.127. The lowest BCUT2D eigenvalue weighted by atomic mass is 10.2. The zero-order valence-corrected chi connectivity index (χ0v) is 15.7. The number of benzene rings is 1. The molecule has 7 nitrogen and oxygen atoms in total. The van der Waals surface area contributed by atoms with Crippen molar-refractivity contribution in [1.82, 2.24) is 10.2 Å². The summed E-state index contributed by atoms with van der Waals surface area (Å²) in [4.78, 5) is 38.5. The molecule has 2 amide bonds. The van der Waals surface area contributed by atoms with E-state index in [0.717, 1.165) is 25.9 Å². The Bertz CT molecular complexity index is 632. The van der Waals surface area contributed by atoms with Gasteiger partial charge in [-0.15, -0.1) is 11.8 Å². The monoisotopic (exact) mass is 380 g/mol. The van der Waals surface area contributed by atoms with E-state index in [9.17, 15) is 14.4 Å². The fourth-order valence-electron chi connectivity index (χ4n) is 2.51. The van der Waals surface area contributed by atoms with E-state index in [1.54, 1.807) is 24.3 Å². The van der Waals surface area contributed by atoms with Gasteiger partial charge in [0.25, 0.3) is 5.91 Å². The molecule has 0 aromatic heterocycles. The highest BCUT2D eigenvalue weighted by Crippen LogP contribution is 2.24. The minimum absolute atomic E-state index is 0.0770. The van der Waals surface area contributed by atoms with E-state index in [1.807, 2.05) is 4.90 Å². The summed E-state index contributed by atoms with van der Waals surface area (Å²) in [7, 11) is 1.54. The minimum atomic E-state index is -0.580. The van der Waals surface area contributed by atoms with Gasteiger partial charge in [-0.2, -0.15) is 0 Å². The van der Waals surface area contributed by atoms with Crippen molar-refractivity contribution < 1.29 is 23.9 Å². The van der Waals surface area contributed by atoms with Crippen LogP contribution in [0.1, 0.15) is 23.2 Å². The summed E-state index contributed by atoms with van der Waals surface area (Å²) in [6.45, 7) is 2.01. The Morgan fingerprint density at radius 1 is 1.19 bits per heavy atom. The molecule has 1 fully saturated rings. The molecule has 0 spiro atoms. The van der Waals surface area contributed by atoms with Crippen molar-refractivity contribution in [3.8, 4) is 0 Å². The predicted molar refractivity (Wildman–Crippen MR) is 98.1 cm³/mol. The second-order valence-corrected chi connectivity index (χ2v) is 6.81. The highest BCUT2D eigenvalue weighted by Gasteiger charge is 2.20. The molecule has 0 atom stereocenters. The molecule has 0 bridgehead atoms. The molecule has 26 heavy (non-hydrogen) atoms. The number of carbonyl (C=O) groups is 3. The second-order valence-electron chi connectivity index (χ2n) is 5.79. The number of nitrogens with zero attached hydrogens (tertiary/aromatic N) is 1. The van der Waals surface area contributed by atoms with E-state index in [-0.39, 0.29) is 24.2 Å². The Balaban J connectivity index is 1.85. The molecule has 8 heteroatoms. The smallest absolute Gasteiger partial charge is 0.339 e. The third kappa shape index (κ3) is 6.34. The Labute approximate surface area is 157 Å². The third-order valence-corrected chi connectivity index (χ3v) is 4.94. The maximum Gasteiger partial charge on any atom is 0.339 e. The van der Waals surface area contributed by atoms with Crippen LogP contribution in [-0.2, 0) is 19.1 Å². The number of ether oxygens (including phenoxy) is 2. The molecule has 1 heterocycles. The number of methoxy groups -OCH3 is 1. The summed E-state index contributed by atoms with van der Waals surface area (Å²) in [5.41, 5.74) is 0.358. The Hall–Kier alpha value is -2.06. The molecule has 1 aromatic rings. The zero-order chi connectivity index (χ0) is 18.8. The Morgan fingerprint density at radius 2 is 1.92 bits per heavy atom. The Morgan fingerprint density at radius 3 is 2.65 bits per heavy atom. The molecule has 0 unspecified atom stereocenters. The summed E-state index contributed by atoms with van der Waals surface area (Å²) in [6.07, 6.45) is 2.09. The summed E-state index contributed by atoms with van der Waals surface area (Å²) in [6, 6.07) is 6.93. The molecule has 1 N–H and O–H groups in total. The number of hydrogen-bond acceptors (Lipinski definition) is 6. The van der Waals surface area contributed by atoms with E-state index in [2.05, 4.69) is 5.32 Å². The first-order valence-electron chi connectivity index (χ1n) is 8.54. The second kappa shape index (κ2) is 10.8. The number of carbonyl (C=O) groups excluding carboxylic acids is 3. The van der Waals surface area contributed by atoms with Gasteiger partial charge in [-0.05, 0) is 25.0 Å². The van der Waals surface area contributed by atoms with Crippen molar-refractivity contribution in [3.05, 3.63) is 29.8 Å². The van der Waals surface area contributed by atoms with Crippen molar-refractivity contribution in [3.63, 3.8) is 0 Å². The SMILES string of the molecule is COCCNC(=O)COC(=O)c1ccccc1SCC(=O)N1CCCC1. The third-order valence-electron chi connectivity index (χ3n) is 3.88. The van der Waals surface area contributed by atoms with Crippen LogP contribution in [0.3, 0.4) is 0 Å². The molecular formula is C18H24N2O5S. The van der Waals surface area contributed by atoms with Gasteiger partial charge in [0.15, 0.2) is 6.61 Å². The maximum absolute atomic E-state index is 12.3. The number of hydrogen-bond donors (Lipinski definition) is 1. The van der Waals surface area contributed by atoms with E-state index in [0.29, 0.717) is 23.6 Å². The molecule has 1 aliphatic rings. The standard InChI is InChI=1S/C18H24N2O5S/c1-24-11-8-19-16(21)12-25-18(23)14-6-2-3-7-15(14)26-13-17(22)20-9-4-5-10-20/h2-3,6-7H,4-5,8-13H2,1H3,(H,19,21). The van der Waals surface area contributed by atoms with Crippen LogP contribution in [0.15, 0.2) is 29.2 Å². The van der Waals surface area contributed by atoms with Crippen molar-refractivity contribution in [2.24, 2.45) is 0 Å². The number of amides is 2. The fourth-order valence-corrected chi connectivity index (χ4v) is 3.45. The minimum Gasteiger partial charge on any atom is -0.452 e. The van der Waals surface area contributed by atoms with Crippen LogP contribution in [0, 0.1) is 0 Å². The lowest BCUT2D eigenvalue weighted by Gasteiger charge is -2.15. The van der Waals surface area contributed by atoms with E-state index < -0.39 is 5.97 Å². The molecule has 1 aromatic carbocycles. The van der Waals surface area contributed by atoms with Gasteiger partial charge in [-0.25, -0.2) is 4.79 Å². The average Bonchev–Trinajstić information content (AvgIpc) is 3.19. The topological polar surface area (TPSA) is 84.9 Å². The average molecular weight is 380 g/mol. The molecule has 1 aliphatic heterocycles. The summed E-state index contributed by atoms with van der Waals surface area (Å²) >= 11 is 1.31. The van der Waals surface area contributed by atoms with Crippen LogP contribution in [0.25, 0.3) is 0 Å². The zero-order valence-electron chi connectivity index (χ0n) is 14.9. The highest BCUT2D eigenvalue weighted by atomic mass is 32.2. The van der Waals surface area contributed by atoms with Gasteiger partial charge in [-0.3, -0.25) is 9.59 Å². The van der Waals surface area contributed by atoms with Gasteiger partial charge in [0.1, 0.15) is 0 Å². The fraction of sp³-hybridized carbons (Fsp3) is 0.500. The number of thioether (sulfide) groups is 1. The van der Waals surface area contributed by atoms with Gasteiger partial charge in [-0.1, -0.05) is 12.1 Å². The van der Waals surface area contributed by atoms with Crippen molar-refractivity contribution in [2.75, 3.05) is 45.7 Å². The normalized spacial score (nSPS) is 13.5. The molecule has 2 rings (SSSR count). The molecule has 0 saturated carbocycles. The van der Waals surface area contributed by atoms with Crippen LogP contribution in [0.5, 0.6) is 0 Å². The van der Waals surface area contributed by atoms with E-state index in [1.165, 1.54) is 18.9 Å². The first-order chi connectivity index (χ1) is 12.6. The van der Waals surface area contributed by atoms with Crippen LogP contribution in [-0.4, -0.2) is 68.4 Å². The van der Waals surface area contributed by atoms with Gasteiger partial charge >= 0.3 is 5.97 Å². The van der Waals surface area contributed by atoms with Crippen LogP contribution in [0.4, 0.5) is 0 Å². The lowest BCUT2D eigenvalue weighted by Crippen LogP contribution is -2.31. The molecular weight excluding hydrogens is 356 g/mol.